The summed E-state index contributed by atoms with van der Waals surface area (Å²) in [6.45, 7) is 4.59. The molecule has 1 aliphatic heterocycles. The molecule has 0 aromatic rings. The molecule has 1 saturated carbocycles. The quantitative estimate of drug-likeness (QED) is 0.396. The fraction of sp³-hybridized carbons (Fsp3) is 0.900. The highest BCUT2D eigenvalue weighted by Crippen LogP contribution is 2.53. The average Bonchev–Trinajstić information content (AvgIpc) is 2.85. The molecule has 0 unspecified atom stereocenters. The van der Waals surface area contributed by atoms with Crippen LogP contribution in [0.5, 0.6) is 0 Å². The summed E-state index contributed by atoms with van der Waals surface area (Å²) in [4.78, 5) is 6.64. The third kappa shape index (κ3) is 1.35. The van der Waals surface area contributed by atoms with Crippen LogP contribution in [0, 0.1) is 5.41 Å². The largest absolute Gasteiger partial charge is 0.361 e. The fourth-order valence-electron chi connectivity index (χ4n) is 2.12. The molecular formula is C10H18N2. The smallest absolute Gasteiger partial charge is 0.0954 e. The lowest BCUT2D eigenvalue weighted by atomic mass is 9.94. The molecule has 0 atom stereocenters. The topological polar surface area (TPSA) is 15.6 Å². The predicted molar refractivity (Wildman–Crippen MR) is 51.5 cm³/mol. The third-order valence-electron chi connectivity index (χ3n) is 3.56. The van der Waals surface area contributed by atoms with Crippen molar-refractivity contribution in [3.63, 3.8) is 0 Å². The summed E-state index contributed by atoms with van der Waals surface area (Å²) in [5, 5.41) is 0. The first-order chi connectivity index (χ1) is 5.76. The summed E-state index contributed by atoms with van der Waals surface area (Å²) < 4.78 is 0. The number of amidine groups is 1. The van der Waals surface area contributed by atoms with Crippen molar-refractivity contribution < 1.29 is 0 Å². The Morgan fingerprint density at radius 1 is 1.17 bits per heavy atom. The van der Waals surface area contributed by atoms with E-state index in [-0.39, 0.29) is 0 Å². The van der Waals surface area contributed by atoms with Crippen molar-refractivity contribution in [1.29, 1.82) is 0 Å². The van der Waals surface area contributed by atoms with E-state index in [1.165, 1.54) is 44.6 Å². The van der Waals surface area contributed by atoms with E-state index >= 15 is 0 Å². The van der Waals surface area contributed by atoms with Crippen LogP contribution in [-0.2, 0) is 0 Å². The summed E-state index contributed by atoms with van der Waals surface area (Å²) in [5.41, 5.74) is 0.796. The number of piperidine rings is 1. The van der Waals surface area contributed by atoms with Crippen molar-refractivity contribution in [1.82, 2.24) is 4.90 Å². The van der Waals surface area contributed by atoms with Gasteiger partial charge in [0, 0.05) is 20.1 Å². The number of likely N-dealkylation sites (tertiary alicyclic amines) is 1. The lowest BCUT2D eigenvalue weighted by Crippen LogP contribution is -2.37. The van der Waals surface area contributed by atoms with Crippen LogP contribution >= 0.6 is 0 Å². The van der Waals surface area contributed by atoms with Crippen LogP contribution in [0.1, 0.15) is 32.6 Å². The second-order valence-electron chi connectivity index (χ2n) is 4.26. The fourth-order valence-corrected chi connectivity index (χ4v) is 2.12. The monoisotopic (exact) mass is 166 g/mol. The van der Waals surface area contributed by atoms with Crippen LogP contribution < -0.4 is 0 Å². The Morgan fingerprint density at radius 3 is 2.17 bits per heavy atom. The summed E-state index contributed by atoms with van der Waals surface area (Å²) in [6.07, 6.45) is 5.78. The van der Waals surface area contributed by atoms with Gasteiger partial charge >= 0.3 is 0 Å². The van der Waals surface area contributed by atoms with Crippen LogP contribution in [-0.4, -0.2) is 30.9 Å². The Morgan fingerprint density at radius 2 is 1.75 bits per heavy atom. The minimum absolute atomic E-state index is 0.796. The molecule has 12 heavy (non-hydrogen) atoms. The van der Waals surface area contributed by atoms with E-state index < -0.39 is 0 Å². The first-order valence-electron chi connectivity index (χ1n) is 4.94. The number of aliphatic imine (C=N–C) groups is 1. The Labute approximate surface area is 74.7 Å². The molecule has 2 rings (SSSR count). The number of hydrogen-bond donors (Lipinski definition) is 0. The maximum Gasteiger partial charge on any atom is 0.0954 e. The first kappa shape index (κ1) is 8.09. The van der Waals surface area contributed by atoms with E-state index in [0.717, 1.165) is 5.41 Å². The molecule has 0 aromatic heterocycles. The molecule has 2 aliphatic rings. The molecule has 68 valence electrons. The molecule has 2 heteroatoms. The van der Waals surface area contributed by atoms with Gasteiger partial charge in [-0.2, -0.15) is 0 Å². The molecule has 0 bridgehead atoms. The van der Waals surface area contributed by atoms with Crippen molar-refractivity contribution in [2.24, 2.45) is 10.4 Å². The van der Waals surface area contributed by atoms with Gasteiger partial charge in [-0.3, -0.25) is 4.99 Å². The number of hydrogen-bond acceptors (Lipinski definition) is 1. The van der Waals surface area contributed by atoms with Gasteiger partial charge < -0.3 is 4.90 Å². The van der Waals surface area contributed by atoms with Gasteiger partial charge in [0.25, 0.3) is 0 Å². The van der Waals surface area contributed by atoms with Crippen molar-refractivity contribution in [3.05, 3.63) is 0 Å². The molecule has 0 aromatic carbocycles. The summed E-state index contributed by atoms with van der Waals surface area (Å²) in [7, 11) is 1.89. The van der Waals surface area contributed by atoms with E-state index in [1.54, 1.807) is 0 Å². The predicted octanol–water partition coefficient (Wildman–Crippen LogP) is 1.91. The van der Waals surface area contributed by atoms with E-state index in [0.29, 0.717) is 0 Å². The number of nitrogens with zero attached hydrogens (tertiary/aromatic N) is 2. The molecule has 0 amide bonds. The van der Waals surface area contributed by atoms with Crippen LogP contribution in [0.3, 0.4) is 0 Å². The highest BCUT2D eigenvalue weighted by molar-refractivity contribution is 5.79. The van der Waals surface area contributed by atoms with Crippen LogP contribution in [0.4, 0.5) is 0 Å². The van der Waals surface area contributed by atoms with Gasteiger partial charge in [-0.25, -0.2) is 0 Å². The maximum absolute atomic E-state index is 4.22. The Kier molecular flexibility index (Phi) is 1.85. The van der Waals surface area contributed by atoms with Gasteiger partial charge in [-0.05, 0) is 38.0 Å². The van der Waals surface area contributed by atoms with Gasteiger partial charge in [0.2, 0.25) is 0 Å². The highest BCUT2D eigenvalue weighted by atomic mass is 15.2. The summed E-state index contributed by atoms with van der Waals surface area (Å²) >= 11 is 0. The van der Waals surface area contributed by atoms with Crippen molar-refractivity contribution in [3.8, 4) is 0 Å². The molecule has 2 nitrogen and oxygen atoms in total. The minimum Gasteiger partial charge on any atom is -0.361 e. The zero-order valence-corrected chi connectivity index (χ0v) is 8.14. The van der Waals surface area contributed by atoms with E-state index in [1.807, 2.05) is 7.05 Å². The molecule has 1 spiro atoms. The summed E-state index contributed by atoms with van der Waals surface area (Å²) in [5.74, 6) is 1.21. The molecule has 1 heterocycles. The van der Waals surface area contributed by atoms with Crippen molar-refractivity contribution >= 4 is 5.84 Å². The highest BCUT2D eigenvalue weighted by Gasteiger charge is 2.44. The molecule has 0 radical (unpaired) electrons. The maximum atomic E-state index is 4.22. The summed E-state index contributed by atoms with van der Waals surface area (Å²) in [6, 6.07) is 0. The molecule has 0 N–H and O–H groups in total. The van der Waals surface area contributed by atoms with Gasteiger partial charge in [0.1, 0.15) is 0 Å². The van der Waals surface area contributed by atoms with Crippen LogP contribution in [0.25, 0.3) is 0 Å². The second kappa shape index (κ2) is 2.75. The molecule has 1 aliphatic carbocycles. The number of rotatable bonds is 0. The normalized spacial score (nSPS) is 27.8. The lowest BCUT2D eigenvalue weighted by molar-refractivity contribution is 0.249. The SMILES string of the molecule is CN=C(C)N1CCC2(CC1)CC2. The van der Waals surface area contributed by atoms with Gasteiger partial charge in [-0.15, -0.1) is 0 Å². The molecule has 2 fully saturated rings. The third-order valence-corrected chi connectivity index (χ3v) is 3.56. The minimum atomic E-state index is 0.796. The Hall–Kier alpha value is -0.530. The van der Waals surface area contributed by atoms with Gasteiger partial charge in [0.15, 0.2) is 0 Å². The van der Waals surface area contributed by atoms with Gasteiger partial charge in [-0.1, -0.05) is 0 Å². The van der Waals surface area contributed by atoms with E-state index in [2.05, 4.69) is 16.8 Å². The Bertz CT molecular complexity index is 194. The van der Waals surface area contributed by atoms with E-state index in [9.17, 15) is 0 Å². The molecular weight excluding hydrogens is 148 g/mol. The average molecular weight is 166 g/mol. The Balaban J connectivity index is 1.89. The van der Waals surface area contributed by atoms with Crippen LogP contribution in [0.15, 0.2) is 4.99 Å². The second-order valence-corrected chi connectivity index (χ2v) is 4.26. The molecule has 1 saturated heterocycles. The van der Waals surface area contributed by atoms with E-state index in [4.69, 9.17) is 0 Å². The lowest BCUT2D eigenvalue weighted by Gasteiger charge is -2.33. The first-order valence-corrected chi connectivity index (χ1v) is 4.94. The zero-order valence-electron chi connectivity index (χ0n) is 8.14. The standard InChI is InChI=1S/C10H18N2/c1-9(11-2)12-7-5-10(3-4-10)6-8-12/h3-8H2,1-2H3. The van der Waals surface area contributed by atoms with Crippen LogP contribution in [0.2, 0.25) is 0 Å². The van der Waals surface area contributed by atoms with Crippen molar-refractivity contribution in [2.75, 3.05) is 20.1 Å². The van der Waals surface area contributed by atoms with Crippen molar-refractivity contribution in [2.45, 2.75) is 32.6 Å². The van der Waals surface area contributed by atoms with Gasteiger partial charge in [0.05, 0.1) is 5.84 Å². The zero-order chi connectivity index (χ0) is 8.60.